The minimum absolute atomic E-state index is 0.0225. The highest BCUT2D eigenvalue weighted by Gasteiger charge is 2.37. The van der Waals surface area contributed by atoms with Gasteiger partial charge in [-0.25, -0.2) is 0 Å². The van der Waals surface area contributed by atoms with Crippen molar-refractivity contribution in [2.45, 2.75) is 38.5 Å². The van der Waals surface area contributed by atoms with Crippen LogP contribution in [-0.4, -0.2) is 0 Å². The zero-order valence-corrected chi connectivity index (χ0v) is 41.2. The summed E-state index contributed by atoms with van der Waals surface area (Å²) < 4.78 is 0. The van der Waals surface area contributed by atoms with Crippen LogP contribution in [0.2, 0.25) is 0 Å². The summed E-state index contributed by atoms with van der Waals surface area (Å²) in [5.74, 6) is 0. The molecule has 72 heavy (non-hydrogen) atoms. The molecule has 12 aromatic rings. The van der Waals surface area contributed by atoms with Gasteiger partial charge in [0.15, 0.2) is 0 Å². The maximum atomic E-state index is 2.41. The largest absolute Gasteiger partial charge is 0.0619 e. The topological polar surface area (TPSA) is 0 Å². The second-order valence-electron chi connectivity index (χ2n) is 20.9. The van der Waals surface area contributed by atoms with Gasteiger partial charge in [-0.2, -0.15) is 0 Å². The van der Waals surface area contributed by atoms with E-state index < -0.39 is 0 Å². The van der Waals surface area contributed by atoms with Gasteiger partial charge in [0.2, 0.25) is 0 Å². The standard InChI is InChI=1S/C37H28.C35H26/c1-37(2)35-10-6-5-9-33(35)34-22-21-32(24-36(34)37)29-17-13-27(14-18-29)26-11-15-28(16-12-26)31-20-19-25-7-3-4-8-30(25)23-31;1-35(2)33-21-29(27-13-11-23-7-3-5-9-25(23)19-27)15-17-31(33)32-18-16-30(22-34(32)35)28-14-12-24-8-4-6-10-26(24)20-28/h3-24H,1-2H3;3-22H,1-2H3. The summed E-state index contributed by atoms with van der Waals surface area (Å²) in [4.78, 5) is 0. The lowest BCUT2D eigenvalue weighted by atomic mass is 9.80. The van der Waals surface area contributed by atoms with E-state index in [1.165, 1.54) is 132 Å². The highest BCUT2D eigenvalue weighted by molar-refractivity contribution is 5.92. The molecule has 0 amide bonds. The maximum absolute atomic E-state index is 2.41. The lowest BCUT2D eigenvalue weighted by Gasteiger charge is -2.22. The zero-order valence-electron chi connectivity index (χ0n) is 41.2. The van der Waals surface area contributed by atoms with Gasteiger partial charge in [0.1, 0.15) is 0 Å². The fraction of sp³-hybridized carbons (Fsp3) is 0.0833. The molecule has 0 heterocycles. The molecule has 2 aliphatic rings. The monoisotopic (exact) mass is 918 g/mol. The van der Waals surface area contributed by atoms with E-state index in [-0.39, 0.29) is 10.8 Å². The third-order valence-electron chi connectivity index (χ3n) is 15.9. The average molecular weight is 919 g/mol. The number of rotatable bonds is 5. The molecule has 0 N–H and O–H groups in total. The molecule has 0 aliphatic heterocycles. The van der Waals surface area contributed by atoms with E-state index in [2.05, 4.69) is 282 Å². The first-order valence-electron chi connectivity index (χ1n) is 25.4. The smallest absolute Gasteiger partial charge is 0.0159 e. The Labute approximate surface area is 423 Å². The van der Waals surface area contributed by atoms with Crippen LogP contribution in [0.25, 0.3) is 110 Å². The van der Waals surface area contributed by atoms with E-state index in [9.17, 15) is 0 Å². The summed E-state index contributed by atoms with van der Waals surface area (Å²) in [6, 6.07) is 93.7. The second-order valence-corrected chi connectivity index (χ2v) is 20.9. The number of fused-ring (bicyclic) bond motifs is 9. The Balaban J connectivity index is 0.000000140. The SMILES string of the molecule is CC1(C)c2cc(-c3ccc4ccccc4c3)ccc2-c2ccc(-c3ccc4ccccc4c3)cc21.CC1(C)c2ccccc2-c2ccc(-c3ccc(-c4ccc(-c5ccc6ccccc6c5)cc4)cc3)cc21. The van der Waals surface area contributed by atoms with Crippen molar-refractivity contribution >= 4 is 32.3 Å². The van der Waals surface area contributed by atoms with Crippen LogP contribution in [0.1, 0.15) is 49.9 Å². The fourth-order valence-corrected chi connectivity index (χ4v) is 11.8. The molecule has 0 unspecified atom stereocenters. The minimum Gasteiger partial charge on any atom is -0.0619 e. The highest BCUT2D eigenvalue weighted by atomic mass is 14.4. The van der Waals surface area contributed by atoms with Gasteiger partial charge < -0.3 is 0 Å². The van der Waals surface area contributed by atoms with Crippen molar-refractivity contribution in [3.63, 3.8) is 0 Å². The molecule has 0 radical (unpaired) electrons. The molecule has 0 saturated heterocycles. The van der Waals surface area contributed by atoms with E-state index in [0.29, 0.717) is 0 Å². The molecule has 2 aliphatic carbocycles. The maximum Gasteiger partial charge on any atom is 0.0159 e. The van der Waals surface area contributed by atoms with Crippen LogP contribution < -0.4 is 0 Å². The molecule has 0 atom stereocenters. The van der Waals surface area contributed by atoms with E-state index >= 15 is 0 Å². The molecule has 12 aromatic carbocycles. The van der Waals surface area contributed by atoms with E-state index in [0.717, 1.165) is 0 Å². The molecule has 342 valence electrons. The van der Waals surface area contributed by atoms with Gasteiger partial charge in [0.25, 0.3) is 0 Å². The molecule has 0 saturated carbocycles. The van der Waals surface area contributed by atoms with Crippen molar-refractivity contribution in [2.75, 3.05) is 0 Å². The van der Waals surface area contributed by atoms with E-state index in [1.54, 1.807) is 0 Å². The van der Waals surface area contributed by atoms with Gasteiger partial charge >= 0.3 is 0 Å². The summed E-state index contributed by atoms with van der Waals surface area (Å²) in [5, 5.41) is 7.69. The number of hydrogen-bond donors (Lipinski definition) is 0. The van der Waals surface area contributed by atoms with Crippen LogP contribution in [0.5, 0.6) is 0 Å². The van der Waals surface area contributed by atoms with Crippen LogP contribution in [0, 0.1) is 0 Å². The number of hydrogen-bond acceptors (Lipinski definition) is 0. The fourth-order valence-electron chi connectivity index (χ4n) is 11.8. The molecule has 0 heteroatoms. The van der Waals surface area contributed by atoms with Crippen LogP contribution in [0.4, 0.5) is 0 Å². The van der Waals surface area contributed by atoms with Crippen molar-refractivity contribution < 1.29 is 0 Å². The summed E-state index contributed by atoms with van der Waals surface area (Å²) in [6.07, 6.45) is 0. The normalized spacial score (nSPS) is 13.5. The Morgan fingerprint density at radius 1 is 0.181 bits per heavy atom. The van der Waals surface area contributed by atoms with Gasteiger partial charge in [-0.15, -0.1) is 0 Å². The average Bonchev–Trinajstić information content (AvgIpc) is 3.81. The molecular formula is C72H54. The van der Waals surface area contributed by atoms with Crippen LogP contribution in [0.3, 0.4) is 0 Å². The summed E-state index contributed by atoms with van der Waals surface area (Å²) in [5.41, 5.74) is 23.7. The summed E-state index contributed by atoms with van der Waals surface area (Å²) in [7, 11) is 0. The molecule has 0 bridgehead atoms. The predicted octanol–water partition coefficient (Wildman–Crippen LogP) is 19.8. The highest BCUT2D eigenvalue weighted by Crippen LogP contribution is 2.52. The van der Waals surface area contributed by atoms with Gasteiger partial charge in [-0.1, -0.05) is 246 Å². The zero-order chi connectivity index (χ0) is 48.6. The Hall–Kier alpha value is -8.58. The van der Waals surface area contributed by atoms with Crippen LogP contribution in [0.15, 0.2) is 255 Å². The van der Waals surface area contributed by atoms with Crippen molar-refractivity contribution in [3.8, 4) is 77.9 Å². The first kappa shape index (κ1) is 43.4. The van der Waals surface area contributed by atoms with Gasteiger partial charge in [-0.3, -0.25) is 0 Å². The van der Waals surface area contributed by atoms with Crippen LogP contribution in [-0.2, 0) is 10.8 Å². The lowest BCUT2D eigenvalue weighted by molar-refractivity contribution is 0.660. The Bertz CT molecular complexity index is 3940. The van der Waals surface area contributed by atoms with Crippen molar-refractivity contribution in [3.05, 3.63) is 277 Å². The third-order valence-corrected chi connectivity index (χ3v) is 15.9. The molecular weight excluding hydrogens is 865 g/mol. The summed E-state index contributed by atoms with van der Waals surface area (Å²) in [6.45, 7) is 9.41. The summed E-state index contributed by atoms with van der Waals surface area (Å²) >= 11 is 0. The Morgan fingerprint density at radius 3 is 0.806 bits per heavy atom. The van der Waals surface area contributed by atoms with Gasteiger partial charge in [-0.05, 0) is 169 Å². The van der Waals surface area contributed by atoms with E-state index in [1.807, 2.05) is 0 Å². The Kier molecular flexibility index (Phi) is 10.3. The van der Waals surface area contributed by atoms with Crippen molar-refractivity contribution in [1.29, 1.82) is 0 Å². The molecule has 0 aromatic heterocycles. The molecule has 0 fully saturated rings. The minimum atomic E-state index is -0.0512. The lowest BCUT2D eigenvalue weighted by Crippen LogP contribution is -2.15. The van der Waals surface area contributed by atoms with Gasteiger partial charge in [0, 0.05) is 10.8 Å². The predicted molar refractivity (Wildman–Crippen MR) is 308 cm³/mol. The third kappa shape index (κ3) is 7.46. The van der Waals surface area contributed by atoms with Crippen molar-refractivity contribution in [2.24, 2.45) is 0 Å². The number of benzene rings is 12. The second kappa shape index (κ2) is 17.1. The molecule has 14 rings (SSSR count). The quantitative estimate of drug-likeness (QED) is 0.161. The Morgan fingerprint density at radius 2 is 0.417 bits per heavy atom. The first-order valence-corrected chi connectivity index (χ1v) is 25.4. The van der Waals surface area contributed by atoms with E-state index in [4.69, 9.17) is 0 Å². The van der Waals surface area contributed by atoms with Crippen molar-refractivity contribution in [1.82, 2.24) is 0 Å². The molecule has 0 spiro atoms. The first-order chi connectivity index (χ1) is 35.2. The molecule has 0 nitrogen and oxygen atoms in total. The van der Waals surface area contributed by atoms with Crippen LogP contribution >= 0.6 is 0 Å². The van der Waals surface area contributed by atoms with Gasteiger partial charge in [0.05, 0.1) is 0 Å².